The van der Waals surface area contributed by atoms with Crippen LogP contribution >= 0.6 is 8.03 Å². The van der Waals surface area contributed by atoms with E-state index in [4.69, 9.17) is 14.0 Å². The smallest absolute Gasteiger partial charge is 0.409 e. The Morgan fingerprint density at radius 3 is 2.37 bits per heavy atom. The first-order chi connectivity index (χ1) is 14.1. The summed E-state index contributed by atoms with van der Waals surface area (Å²) in [5.74, 6) is -0.117. The van der Waals surface area contributed by atoms with Gasteiger partial charge in [-0.15, -0.1) is 0 Å². The Bertz CT molecular complexity index is 542. The van der Waals surface area contributed by atoms with Crippen molar-refractivity contribution in [2.75, 3.05) is 13.3 Å². The van der Waals surface area contributed by atoms with Gasteiger partial charge in [0, 0.05) is 6.16 Å². The number of carbonyl (C=O) groups excluding carboxylic acids is 2. The summed E-state index contributed by atoms with van der Waals surface area (Å²) in [6, 6.07) is 0. The van der Waals surface area contributed by atoms with E-state index in [0.29, 0.717) is 18.8 Å². The van der Waals surface area contributed by atoms with Crippen LogP contribution in [0.1, 0.15) is 91.9 Å². The van der Waals surface area contributed by atoms with E-state index in [9.17, 15) is 14.2 Å². The quantitative estimate of drug-likeness (QED) is 0.169. The summed E-state index contributed by atoms with van der Waals surface area (Å²) in [6.45, 7) is 7.44. The molecular weight excluding hydrogens is 405 g/mol. The number of carbonyl (C=O) groups is 2. The second-order valence-corrected chi connectivity index (χ2v) is 10.7. The zero-order valence-corrected chi connectivity index (χ0v) is 20.5. The zero-order valence-electron chi connectivity index (χ0n) is 19.5. The van der Waals surface area contributed by atoms with E-state index in [1.54, 1.807) is 20.8 Å². The van der Waals surface area contributed by atoms with Gasteiger partial charge in [0.25, 0.3) is 0 Å². The molecule has 0 radical (unpaired) electrons. The second-order valence-electron chi connectivity index (χ2n) is 9.27. The fourth-order valence-corrected chi connectivity index (χ4v) is 5.16. The molecular formula is C22H42NO6P. The van der Waals surface area contributed by atoms with Gasteiger partial charge in [-0.1, -0.05) is 45.4 Å². The number of alkyl carbamates (subject to hydrolysis) is 1. The molecule has 3 unspecified atom stereocenters. The molecule has 1 aliphatic rings. The SMILES string of the molecule is CCCCCC(NC(=O)OC(C)(C)C)O[PH](=O)CC(CCC1CCCC1)C(=O)OC. The van der Waals surface area contributed by atoms with E-state index < -0.39 is 31.9 Å². The number of hydrogen-bond donors (Lipinski definition) is 1. The number of hydrogen-bond acceptors (Lipinski definition) is 6. The molecule has 0 saturated heterocycles. The zero-order chi connectivity index (χ0) is 22.6. The van der Waals surface area contributed by atoms with Crippen molar-refractivity contribution in [1.29, 1.82) is 0 Å². The van der Waals surface area contributed by atoms with Crippen molar-refractivity contribution in [3.8, 4) is 0 Å². The summed E-state index contributed by atoms with van der Waals surface area (Å²) < 4.78 is 28.7. The standard InChI is InChI=1S/C22H42NO6P/c1-6-7-8-13-19(23-21(25)28-22(2,3)4)29-30(26)16-18(20(24)27-5)15-14-17-11-9-10-12-17/h17-19,30H,6-16H2,1-5H3,(H,23,25). The fourth-order valence-electron chi connectivity index (χ4n) is 3.79. The predicted molar refractivity (Wildman–Crippen MR) is 119 cm³/mol. The maximum atomic E-state index is 12.7. The van der Waals surface area contributed by atoms with Crippen LogP contribution in [0.5, 0.6) is 0 Å². The minimum atomic E-state index is -2.53. The Labute approximate surface area is 182 Å². The molecule has 1 aliphatic carbocycles. The lowest BCUT2D eigenvalue weighted by Gasteiger charge is -2.24. The molecule has 0 aliphatic heterocycles. The van der Waals surface area contributed by atoms with Crippen LogP contribution in [0.2, 0.25) is 0 Å². The van der Waals surface area contributed by atoms with Crippen molar-refractivity contribution >= 4 is 20.1 Å². The summed E-state index contributed by atoms with van der Waals surface area (Å²) in [5.41, 5.74) is -0.625. The second kappa shape index (κ2) is 14.1. The van der Waals surface area contributed by atoms with Crippen LogP contribution in [0.4, 0.5) is 4.79 Å². The number of esters is 1. The molecule has 0 spiro atoms. The Morgan fingerprint density at radius 2 is 1.80 bits per heavy atom. The molecule has 0 aromatic rings. The van der Waals surface area contributed by atoms with Gasteiger partial charge in [0.1, 0.15) is 11.8 Å². The maximum Gasteiger partial charge on any atom is 0.409 e. The van der Waals surface area contributed by atoms with Crippen molar-refractivity contribution in [1.82, 2.24) is 5.32 Å². The Balaban J connectivity index is 2.63. The molecule has 1 amide bonds. The van der Waals surface area contributed by atoms with Crippen LogP contribution in [0.15, 0.2) is 0 Å². The van der Waals surface area contributed by atoms with E-state index in [2.05, 4.69) is 12.2 Å². The van der Waals surface area contributed by atoms with Gasteiger partial charge in [-0.3, -0.25) is 14.7 Å². The van der Waals surface area contributed by atoms with Crippen molar-refractivity contribution in [3.05, 3.63) is 0 Å². The van der Waals surface area contributed by atoms with Crippen molar-refractivity contribution < 1.29 is 28.2 Å². The van der Waals surface area contributed by atoms with Crippen molar-refractivity contribution in [2.24, 2.45) is 11.8 Å². The predicted octanol–water partition coefficient (Wildman–Crippen LogP) is 5.67. The largest absolute Gasteiger partial charge is 0.469 e. The summed E-state index contributed by atoms with van der Waals surface area (Å²) in [4.78, 5) is 24.3. The van der Waals surface area contributed by atoms with E-state index >= 15 is 0 Å². The third-order valence-electron chi connectivity index (χ3n) is 5.37. The first-order valence-corrected chi connectivity index (χ1v) is 12.9. The molecule has 0 aromatic heterocycles. The lowest BCUT2D eigenvalue weighted by molar-refractivity contribution is -0.145. The van der Waals surface area contributed by atoms with Crippen molar-refractivity contribution in [2.45, 2.75) is 104 Å². The van der Waals surface area contributed by atoms with Gasteiger partial charge in [0.15, 0.2) is 8.03 Å². The molecule has 7 nitrogen and oxygen atoms in total. The van der Waals surface area contributed by atoms with Gasteiger partial charge < -0.3 is 14.0 Å². The molecule has 1 rings (SSSR count). The summed E-state index contributed by atoms with van der Waals surface area (Å²) >= 11 is 0. The molecule has 1 saturated carbocycles. The Morgan fingerprint density at radius 1 is 1.13 bits per heavy atom. The maximum absolute atomic E-state index is 12.7. The van der Waals surface area contributed by atoms with Crippen LogP contribution in [0, 0.1) is 11.8 Å². The average molecular weight is 448 g/mol. The van der Waals surface area contributed by atoms with E-state index in [1.807, 2.05) is 0 Å². The van der Waals surface area contributed by atoms with Crippen LogP contribution in [-0.4, -0.2) is 37.2 Å². The van der Waals surface area contributed by atoms with Gasteiger partial charge in [0.05, 0.1) is 13.0 Å². The number of nitrogens with one attached hydrogen (secondary N) is 1. The highest BCUT2D eigenvalue weighted by molar-refractivity contribution is 7.39. The van der Waals surface area contributed by atoms with E-state index in [1.165, 1.54) is 32.8 Å². The molecule has 0 heterocycles. The minimum Gasteiger partial charge on any atom is -0.469 e. The third kappa shape index (κ3) is 11.9. The highest BCUT2D eigenvalue weighted by Gasteiger charge is 2.27. The summed E-state index contributed by atoms with van der Waals surface area (Å²) in [6.07, 6.45) is 8.80. The third-order valence-corrected chi connectivity index (χ3v) is 6.74. The Hall–Kier alpha value is -1.07. The van der Waals surface area contributed by atoms with Crippen LogP contribution in [0.25, 0.3) is 0 Å². The monoisotopic (exact) mass is 447 g/mol. The highest BCUT2D eigenvalue weighted by Crippen LogP contribution is 2.34. The van der Waals surface area contributed by atoms with Gasteiger partial charge in [-0.25, -0.2) is 4.79 Å². The number of ether oxygens (including phenoxy) is 2. The lowest BCUT2D eigenvalue weighted by atomic mass is 9.96. The fraction of sp³-hybridized carbons (Fsp3) is 0.909. The van der Waals surface area contributed by atoms with Gasteiger partial charge in [-0.2, -0.15) is 0 Å². The average Bonchev–Trinajstić information content (AvgIpc) is 3.16. The molecule has 30 heavy (non-hydrogen) atoms. The summed E-state index contributed by atoms with van der Waals surface area (Å²) in [5, 5.41) is 2.68. The Kier molecular flexibility index (Phi) is 12.7. The summed E-state index contributed by atoms with van der Waals surface area (Å²) in [7, 11) is -1.17. The molecule has 1 N–H and O–H groups in total. The van der Waals surface area contributed by atoms with Crippen molar-refractivity contribution in [3.63, 3.8) is 0 Å². The molecule has 1 fully saturated rings. The topological polar surface area (TPSA) is 90.9 Å². The van der Waals surface area contributed by atoms with Crippen LogP contribution in [0.3, 0.4) is 0 Å². The normalized spacial score (nSPS) is 17.9. The molecule has 3 atom stereocenters. The molecule has 0 bridgehead atoms. The first kappa shape index (κ1) is 27.0. The highest BCUT2D eigenvalue weighted by atomic mass is 31.1. The van der Waals surface area contributed by atoms with Gasteiger partial charge >= 0.3 is 12.1 Å². The number of unbranched alkanes of at least 4 members (excludes halogenated alkanes) is 2. The number of methoxy groups -OCH3 is 1. The van der Waals surface area contributed by atoms with E-state index in [-0.39, 0.29) is 12.1 Å². The molecule has 8 heteroatoms. The number of rotatable bonds is 13. The van der Waals surface area contributed by atoms with Gasteiger partial charge in [-0.05, 0) is 52.4 Å². The number of amides is 1. The van der Waals surface area contributed by atoms with E-state index in [0.717, 1.165) is 25.7 Å². The molecule has 0 aromatic carbocycles. The van der Waals surface area contributed by atoms with Gasteiger partial charge in [0.2, 0.25) is 0 Å². The lowest BCUT2D eigenvalue weighted by Crippen LogP contribution is -2.39. The molecule has 176 valence electrons. The van der Waals surface area contributed by atoms with Crippen LogP contribution < -0.4 is 5.32 Å². The first-order valence-electron chi connectivity index (χ1n) is 11.4. The van der Waals surface area contributed by atoms with Crippen LogP contribution in [-0.2, 0) is 23.4 Å². The minimum absolute atomic E-state index is 0.143.